The monoisotopic (exact) mass is 391 g/mol. The zero-order valence-electron chi connectivity index (χ0n) is 17.0. The van der Waals surface area contributed by atoms with Crippen molar-refractivity contribution in [2.24, 2.45) is 0 Å². The van der Waals surface area contributed by atoms with Crippen molar-refractivity contribution in [3.8, 4) is 5.82 Å². The van der Waals surface area contributed by atoms with Gasteiger partial charge in [-0.05, 0) is 63.1 Å². The maximum atomic E-state index is 12.2. The van der Waals surface area contributed by atoms with E-state index in [1.807, 2.05) is 59.8 Å². The maximum absolute atomic E-state index is 12.2. The molecule has 4 rings (SSSR count). The van der Waals surface area contributed by atoms with Gasteiger partial charge in [-0.2, -0.15) is 5.10 Å². The predicted octanol–water partition coefficient (Wildman–Crippen LogP) is 3.84. The molecule has 29 heavy (non-hydrogen) atoms. The van der Waals surface area contributed by atoms with Crippen LogP contribution < -0.4 is 5.32 Å². The summed E-state index contributed by atoms with van der Waals surface area (Å²) in [6, 6.07) is 9.80. The van der Waals surface area contributed by atoms with Gasteiger partial charge in [-0.25, -0.2) is 9.67 Å². The lowest BCUT2D eigenvalue weighted by Gasteiger charge is -2.05. The second-order valence-electron chi connectivity index (χ2n) is 7.31. The van der Waals surface area contributed by atoms with Crippen LogP contribution in [0.4, 0.5) is 0 Å². The van der Waals surface area contributed by atoms with E-state index in [4.69, 9.17) is 14.5 Å². The summed E-state index contributed by atoms with van der Waals surface area (Å²) < 4.78 is 9.39. The van der Waals surface area contributed by atoms with Crippen molar-refractivity contribution in [1.82, 2.24) is 24.6 Å². The number of pyridine rings is 1. The molecule has 4 heterocycles. The molecular formula is C22H25N5O2. The van der Waals surface area contributed by atoms with Crippen molar-refractivity contribution in [3.63, 3.8) is 0 Å². The van der Waals surface area contributed by atoms with E-state index in [0.717, 1.165) is 39.6 Å². The summed E-state index contributed by atoms with van der Waals surface area (Å²) in [4.78, 5) is 16.9. The Labute approximate surface area is 169 Å². The molecular weight excluding hydrogens is 366 g/mol. The number of amides is 1. The van der Waals surface area contributed by atoms with Crippen LogP contribution in [0.25, 0.3) is 16.9 Å². The van der Waals surface area contributed by atoms with E-state index in [9.17, 15) is 4.79 Å². The Morgan fingerprint density at radius 2 is 1.97 bits per heavy atom. The summed E-state index contributed by atoms with van der Waals surface area (Å²) in [6.45, 7) is 7.00. The van der Waals surface area contributed by atoms with Gasteiger partial charge in [0, 0.05) is 31.1 Å². The number of fused-ring (bicyclic) bond motifs is 1. The molecule has 1 amide bonds. The molecule has 0 aromatic carbocycles. The highest BCUT2D eigenvalue weighted by Crippen LogP contribution is 2.25. The predicted molar refractivity (Wildman–Crippen MR) is 111 cm³/mol. The summed E-state index contributed by atoms with van der Waals surface area (Å²) in [5.41, 5.74) is 2.97. The van der Waals surface area contributed by atoms with Crippen LogP contribution >= 0.6 is 0 Å². The van der Waals surface area contributed by atoms with Gasteiger partial charge in [0.25, 0.3) is 0 Å². The average molecular weight is 391 g/mol. The Kier molecular flexibility index (Phi) is 5.20. The van der Waals surface area contributed by atoms with E-state index >= 15 is 0 Å². The minimum Gasteiger partial charge on any atom is -0.465 e. The van der Waals surface area contributed by atoms with Gasteiger partial charge in [-0.3, -0.25) is 4.79 Å². The number of hydrogen-bond acceptors (Lipinski definition) is 4. The molecule has 1 N–H and O–H groups in total. The number of nitrogens with one attached hydrogen (secondary N) is 1. The lowest BCUT2D eigenvalue weighted by atomic mass is 10.2. The smallest absolute Gasteiger partial charge is 0.220 e. The summed E-state index contributed by atoms with van der Waals surface area (Å²) in [5, 5.41) is 8.74. The number of aryl methyl sites for hydroxylation is 4. The molecule has 0 aliphatic rings. The van der Waals surface area contributed by atoms with Crippen LogP contribution in [-0.4, -0.2) is 25.2 Å². The van der Waals surface area contributed by atoms with E-state index in [1.54, 1.807) is 0 Å². The molecule has 7 nitrogen and oxygen atoms in total. The first-order chi connectivity index (χ1) is 14.0. The van der Waals surface area contributed by atoms with Crippen molar-refractivity contribution >= 4 is 16.9 Å². The van der Waals surface area contributed by atoms with E-state index < -0.39 is 0 Å². The summed E-state index contributed by atoms with van der Waals surface area (Å²) in [7, 11) is 0. The van der Waals surface area contributed by atoms with E-state index in [-0.39, 0.29) is 5.91 Å². The van der Waals surface area contributed by atoms with Crippen molar-refractivity contribution in [1.29, 1.82) is 0 Å². The molecule has 4 aromatic rings. The van der Waals surface area contributed by atoms with Crippen LogP contribution in [0.2, 0.25) is 0 Å². The third kappa shape index (κ3) is 4.08. The molecule has 0 saturated heterocycles. The average Bonchev–Trinajstić information content (AvgIpc) is 3.40. The van der Waals surface area contributed by atoms with Gasteiger partial charge in [0.2, 0.25) is 5.91 Å². The highest BCUT2D eigenvalue weighted by atomic mass is 16.3. The minimum atomic E-state index is 0.00136. The summed E-state index contributed by atoms with van der Waals surface area (Å²) in [5.74, 6) is 2.48. The zero-order chi connectivity index (χ0) is 20.4. The van der Waals surface area contributed by atoms with Crippen LogP contribution in [0.5, 0.6) is 0 Å². The van der Waals surface area contributed by atoms with Crippen LogP contribution in [-0.2, 0) is 17.9 Å². The maximum Gasteiger partial charge on any atom is 0.220 e. The van der Waals surface area contributed by atoms with Crippen molar-refractivity contribution in [3.05, 3.63) is 65.5 Å². The minimum absolute atomic E-state index is 0.00136. The van der Waals surface area contributed by atoms with Gasteiger partial charge in [-0.15, -0.1) is 0 Å². The van der Waals surface area contributed by atoms with Gasteiger partial charge in [-0.1, -0.05) is 0 Å². The quantitative estimate of drug-likeness (QED) is 0.519. The summed E-state index contributed by atoms with van der Waals surface area (Å²) in [6.07, 6.45) is 5.06. The number of aromatic nitrogens is 4. The second kappa shape index (κ2) is 7.95. The number of carbonyl (C=O) groups is 1. The highest BCUT2D eigenvalue weighted by Gasteiger charge is 2.16. The molecule has 150 valence electrons. The van der Waals surface area contributed by atoms with E-state index in [2.05, 4.69) is 18.3 Å². The highest BCUT2D eigenvalue weighted by molar-refractivity contribution is 5.87. The van der Waals surface area contributed by atoms with Crippen molar-refractivity contribution in [2.45, 2.75) is 46.7 Å². The first-order valence-corrected chi connectivity index (χ1v) is 9.81. The third-order valence-corrected chi connectivity index (χ3v) is 4.89. The number of carbonyl (C=O) groups excluding carboxylic acids is 1. The fourth-order valence-corrected chi connectivity index (χ4v) is 3.55. The normalized spacial score (nSPS) is 11.3. The lowest BCUT2D eigenvalue weighted by Crippen LogP contribution is -2.22. The molecule has 0 radical (unpaired) electrons. The lowest BCUT2D eigenvalue weighted by molar-refractivity contribution is -0.121. The van der Waals surface area contributed by atoms with Crippen LogP contribution in [0.15, 0.2) is 47.1 Å². The van der Waals surface area contributed by atoms with Gasteiger partial charge in [0.15, 0.2) is 11.5 Å². The number of nitrogens with zero attached hydrogens (tertiary/aromatic N) is 4. The van der Waals surface area contributed by atoms with Gasteiger partial charge < -0.3 is 14.3 Å². The SMILES string of the molecule is Cc1cc(C)c2c(-n3cccc3)nn(CCCC(=O)NCc3ccc(C)o3)c2n1. The number of furan rings is 1. The molecule has 0 unspecified atom stereocenters. The molecule has 0 spiro atoms. The molecule has 0 aliphatic carbocycles. The molecule has 0 bridgehead atoms. The molecule has 0 saturated carbocycles. The molecule has 0 aliphatic heterocycles. The van der Waals surface area contributed by atoms with Crippen LogP contribution in [0.1, 0.15) is 35.6 Å². The Hall–Kier alpha value is -3.35. The largest absolute Gasteiger partial charge is 0.465 e. The van der Waals surface area contributed by atoms with Gasteiger partial charge in [0.1, 0.15) is 11.5 Å². The molecule has 0 atom stereocenters. The Bertz CT molecular complexity index is 1140. The molecule has 7 heteroatoms. The van der Waals surface area contributed by atoms with Gasteiger partial charge in [0.05, 0.1) is 11.9 Å². The Morgan fingerprint density at radius 1 is 1.17 bits per heavy atom. The fraction of sp³-hybridized carbons (Fsp3) is 0.318. The second-order valence-corrected chi connectivity index (χ2v) is 7.31. The topological polar surface area (TPSA) is 77.9 Å². The van der Waals surface area contributed by atoms with Crippen LogP contribution in [0, 0.1) is 20.8 Å². The van der Waals surface area contributed by atoms with Crippen molar-refractivity contribution in [2.75, 3.05) is 0 Å². The first-order valence-electron chi connectivity index (χ1n) is 9.81. The summed E-state index contributed by atoms with van der Waals surface area (Å²) >= 11 is 0. The number of hydrogen-bond donors (Lipinski definition) is 1. The van der Waals surface area contributed by atoms with E-state index in [1.165, 1.54) is 0 Å². The third-order valence-electron chi connectivity index (χ3n) is 4.89. The zero-order valence-corrected chi connectivity index (χ0v) is 17.0. The van der Waals surface area contributed by atoms with E-state index in [0.29, 0.717) is 25.9 Å². The van der Waals surface area contributed by atoms with Crippen LogP contribution in [0.3, 0.4) is 0 Å². The number of rotatable bonds is 7. The van der Waals surface area contributed by atoms with Gasteiger partial charge >= 0.3 is 0 Å². The Balaban J connectivity index is 1.46. The molecule has 0 fully saturated rings. The standard InChI is InChI=1S/C22H25N5O2/c1-15-13-16(2)24-21-20(15)22(26-10-4-5-11-26)25-27(21)12-6-7-19(28)23-14-18-9-8-17(3)29-18/h4-5,8-11,13H,6-7,12,14H2,1-3H3,(H,23,28). The fourth-order valence-electron chi connectivity index (χ4n) is 3.55. The molecule has 4 aromatic heterocycles. The Morgan fingerprint density at radius 3 is 2.69 bits per heavy atom. The first kappa shape index (κ1) is 19.0. The van der Waals surface area contributed by atoms with Crippen molar-refractivity contribution < 1.29 is 9.21 Å².